The van der Waals surface area contributed by atoms with Crippen LogP contribution in [0.5, 0.6) is 5.75 Å². The van der Waals surface area contributed by atoms with Gasteiger partial charge in [-0.15, -0.1) is 0 Å². The fourth-order valence-electron chi connectivity index (χ4n) is 2.46. The smallest absolute Gasteiger partial charge is 0.203 e. The molecule has 1 aliphatic rings. The number of nitrogens with two attached hydrogens (primary N) is 1. The third kappa shape index (κ3) is 3.47. The first kappa shape index (κ1) is 13.9. The summed E-state index contributed by atoms with van der Waals surface area (Å²) < 4.78 is 5.23. The summed E-state index contributed by atoms with van der Waals surface area (Å²) in [4.78, 5) is 10.6. The molecule has 1 aromatic heterocycles. The molecule has 2 heterocycles. The Morgan fingerprint density at radius 1 is 1.42 bits per heavy atom. The zero-order valence-electron chi connectivity index (χ0n) is 11.7. The van der Waals surface area contributed by atoms with E-state index in [0.717, 1.165) is 13.1 Å². The van der Waals surface area contributed by atoms with Gasteiger partial charge in [-0.1, -0.05) is 6.92 Å². The molecule has 0 bridgehead atoms. The van der Waals surface area contributed by atoms with Gasteiger partial charge in [-0.05, 0) is 38.4 Å². The number of piperidine rings is 1. The predicted molar refractivity (Wildman–Crippen MR) is 76.3 cm³/mol. The highest BCUT2D eigenvalue weighted by Gasteiger charge is 2.18. The predicted octanol–water partition coefficient (Wildman–Crippen LogP) is 1.21. The molecule has 6 heteroatoms. The highest BCUT2D eigenvalue weighted by Crippen LogP contribution is 2.27. The second kappa shape index (κ2) is 6.56. The van der Waals surface area contributed by atoms with Gasteiger partial charge in [-0.3, -0.25) is 0 Å². The molecule has 1 saturated heterocycles. The number of ether oxygens (including phenoxy) is 1. The summed E-state index contributed by atoms with van der Waals surface area (Å²) in [6.45, 7) is 6.64. The van der Waals surface area contributed by atoms with Crippen LogP contribution in [0.2, 0.25) is 0 Å². The number of methoxy groups -OCH3 is 1. The molecule has 0 spiro atoms. The average molecular weight is 265 g/mol. The van der Waals surface area contributed by atoms with E-state index in [0.29, 0.717) is 23.3 Å². The van der Waals surface area contributed by atoms with Crippen LogP contribution < -0.4 is 15.8 Å². The molecule has 0 aliphatic carbocycles. The largest absolute Gasteiger partial charge is 0.490 e. The quantitative estimate of drug-likeness (QED) is 0.833. The first-order valence-electron chi connectivity index (χ1n) is 6.85. The van der Waals surface area contributed by atoms with Gasteiger partial charge in [-0.2, -0.15) is 0 Å². The molecule has 0 amide bonds. The molecule has 0 atom stereocenters. The first-order chi connectivity index (χ1) is 9.24. The van der Waals surface area contributed by atoms with E-state index in [1.165, 1.54) is 32.3 Å². The monoisotopic (exact) mass is 265 g/mol. The van der Waals surface area contributed by atoms with E-state index in [1.54, 1.807) is 7.11 Å². The highest BCUT2D eigenvalue weighted by atomic mass is 16.5. The number of aromatic nitrogens is 2. The summed E-state index contributed by atoms with van der Waals surface area (Å²) in [5, 5.41) is 3.33. The third-order valence-corrected chi connectivity index (χ3v) is 3.75. The number of nitrogens with zero attached hydrogens (tertiary/aromatic N) is 3. The Morgan fingerprint density at radius 2 is 2.16 bits per heavy atom. The molecule has 106 valence electrons. The molecule has 1 aromatic rings. The van der Waals surface area contributed by atoms with Crippen LogP contribution >= 0.6 is 0 Å². The van der Waals surface area contributed by atoms with E-state index in [2.05, 4.69) is 27.1 Å². The van der Waals surface area contributed by atoms with Crippen LogP contribution in [0.4, 0.5) is 11.6 Å². The first-order valence-corrected chi connectivity index (χ1v) is 6.85. The van der Waals surface area contributed by atoms with Gasteiger partial charge in [0.05, 0.1) is 7.11 Å². The number of nitrogens with one attached hydrogen (secondary N) is 1. The van der Waals surface area contributed by atoms with Crippen molar-refractivity contribution >= 4 is 11.6 Å². The molecule has 0 aromatic carbocycles. The summed E-state index contributed by atoms with van der Waals surface area (Å²) in [6, 6.07) is 0. The van der Waals surface area contributed by atoms with Crippen molar-refractivity contribution in [2.24, 2.45) is 5.92 Å². The molecule has 0 saturated carbocycles. The number of likely N-dealkylation sites (tertiary alicyclic amines) is 1. The van der Waals surface area contributed by atoms with Gasteiger partial charge in [0.15, 0.2) is 11.6 Å². The Balaban J connectivity index is 1.88. The lowest BCUT2D eigenvalue weighted by Crippen LogP contribution is -2.35. The topological polar surface area (TPSA) is 76.3 Å². The van der Waals surface area contributed by atoms with E-state index in [4.69, 9.17) is 10.5 Å². The molecular formula is C13H23N5O. The van der Waals surface area contributed by atoms with Crippen LogP contribution in [0.15, 0.2) is 6.33 Å². The zero-order valence-corrected chi connectivity index (χ0v) is 11.7. The number of hydrogen-bond donors (Lipinski definition) is 2. The summed E-state index contributed by atoms with van der Waals surface area (Å²) in [5.41, 5.74) is 5.75. The van der Waals surface area contributed by atoms with Crippen LogP contribution in [-0.4, -0.2) is 48.2 Å². The van der Waals surface area contributed by atoms with Crippen molar-refractivity contribution in [1.82, 2.24) is 14.9 Å². The van der Waals surface area contributed by atoms with Crippen molar-refractivity contribution in [3.8, 4) is 5.75 Å². The van der Waals surface area contributed by atoms with E-state index < -0.39 is 0 Å². The van der Waals surface area contributed by atoms with Gasteiger partial charge < -0.3 is 20.7 Å². The summed E-state index contributed by atoms with van der Waals surface area (Å²) >= 11 is 0. The summed E-state index contributed by atoms with van der Waals surface area (Å²) in [7, 11) is 1.58. The normalized spacial score (nSPS) is 17.4. The van der Waals surface area contributed by atoms with Crippen LogP contribution in [0.3, 0.4) is 0 Å². The lowest BCUT2D eigenvalue weighted by Gasteiger charge is -2.31. The maximum atomic E-state index is 5.75. The van der Waals surface area contributed by atoms with Crippen molar-refractivity contribution in [3.63, 3.8) is 0 Å². The maximum absolute atomic E-state index is 5.75. The standard InChI is InChI=1S/C13H23N5O/c1-3-18-6-4-10(5-7-18)8-15-13-11(19-2)12(14)16-9-17-13/h9-10H,3-8H2,1-2H3,(H3,14,15,16,17). The summed E-state index contributed by atoms with van der Waals surface area (Å²) in [5.74, 6) is 2.28. The minimum absolute atomic E-state index is 0.376. The third-order valence-electron chi connectivity index (χ3n) is 3.75. The van der Waals surface area contributed by atoms with Crippen LogP contribution in [0, 0.1) is 5.92 Å². The molecule has 0 radical (unpaired) electrons. The van der Waals surface area contributed by atoms with Crippen molar-refractivity contribution in [1.29, 1.82) is 0 Å². The number of nitrogen functional groups attached to an aromatic ring is 1. The van der Waals surface area contributed by atoms with Crippen molar-refractivity contribution in [2.45, 2.75) is 19.8 Å². The Hall–Kier alpha value is -1.56. The Labute approximate surface area is 114 Å². The van der Waals surface area contributed by atoms with Gasteiger partial charge in [0.2, 0.25) is 5.75 Å². The molecule has 6 nitrogen and oxygen atoms in total. The van der Waals surface area contributed by atoms with Crippen molar-refractivity contribution < 1.29 is 4.74 Å². The van der Waals surface area contributed by atoms with Gasteiger partial charge in [0, 0.05) is 6.54 Å². The maximum Gasteiger partial charge on any atom is 0.203 e. The molecule has 0 unspecified atom stereocenters. The Morgan fingerprint density at radius 3 is 2.79 bits per heavy atom. The van der Waals surface area contributed by atoms with Gasteiger partial charge in [0.1, 0.15) is 6.33 Å². The van der Waals surface area contributed by atoms with Crippen molar-refractivity contribution in [3.05, 3.63) is 6.33 Å². The van der Waals surface area contributed by atoms with E-state index in [-0.39, 0.29) is 0 Å². The lowest BCUT2D eigenvalue weighted by atomic mass is 9.97. The van der Waals surface area contributed by atoms with Gasteiger partial charge >= 0.3 is 0 Å². The van der Waals surface area contributed by atoms with Crippen LogP contribution in [0.1, 0.15) is 19.8 Å². The molecular weight excluding hydrogens is 242 g/mol. The fourth-order valence-corrected chi connectivity index (χ4v) is 2.46. The molecule has 3 N–H and O–H groups in total. The lowest BCUT2D eigenvalue weighted by molar-refractivity contribution is 0.198. The SMILES string of the molecule is CCN1CCC(CNc2ncnc(N)c2OC)CC1. The average Bonchev–Trinajstić information content (AvgIpc) is 2.45. The minimum atomic E-state index is 0.376. The second-order valence-corrected chi connectivity index (χ2v) is 4.90. The Kier molecular flexibility index (Phi) is 4.79. The zero-order chi connectivity index (χ0) is 13.7. The molecule has 19 heavy (non-hydrogen) atoms. The van der Waals surface area contributed by atoms with Crippen molar-refractivity contribution in [2.75, 3.05) is 44.3 Å². The van der Waals surface area contributed by atoms with Crippen LogP contribution in [-0.2, 0) is 0 Å². The van der Waals surface area contributed by atoms with Gasteiger partial charge in [0.25, 0.3) is 0 Å². The fraction of sp³-hybridized carbons (Fsp3) is 0.692. The number of rotatable bonds is 5. The van der Waals surface area contributed by atoms with E-state index in [9.17, 15) is 0 Å². The second-order valence-electron chi connectivity index (χ2n) is 4.90. The Bertz CT molecular complexity index is 404. The van der Waals surface area contributed by atoms with E-state index in [1.807, 2.05) is 0 Å². The molecule has 1 aliphatic heterocycles. The summed E-state index contributed by atoms with van der Waals surface area (Å²) in [6.07, 6.45) is 3.91. The molecule has 2 rings (SSSR count). The molecule has 1 fully saturated rings. The van der Waals surface area contributed by atoms with E-state index >= 15 is 0 Å². The number of anilines is 2. The highest BCUT2D eigenvalue weighted by molar-refractivity contribution is 5.61. The number of hydrogen-bond acceptors (Lipinski definition) is 6. The van der Waals surface area contributed by atoms with Gasteiger partial charge in [-0.25, -0.2) is 9.97 Å². The van der Waals surface area contributed by atoms with Crippen LogP contribution in [0.25, 0.3) is 0 Å². The minimum Gasteiger partial charge on any atom is -0.490 e.